The molecule has 0 radical (unpaired) electrons. The molecule has 128 valence electrons. The van der Waals surface area contributed by atoms with Crippen molar-refractivity contribution in [2.24, 2.45) is 7.05 Å². The van der Waals surface area contributed by atoms with Crippen LogP contribution in [0.4, 0.5) is 27.6 Å². The summed E-state index contributed by atoms with van der Waals surface area (Å²) < 4.78 is 68.0. The fourth-order valence-corrected chi connectivity index (χ4v) is 2.50. The molecule has 1 heterocycles. The number of benzene rings is 1. The number of nitrogens with two attached hydrogens (primary N) is 1. The summed E-state index contributed by atoms with van der Waals surface area (Å²) in [7, 11) is 1.03. The van der Waals surface area contributed by atoms with Gasteiger partial charge in [0.05, 0.1) is 11.1 Å². The van der Waals surface area contributed by atoms with Crippen LogP contribution in [-0.4, -0.2) is 11.1 Å². The minimum absolute atomic E-state index is 0.208. The molecule has 1 aromatic carbocycles. The molecule has 0 aliphatic heterocycles. The first-order valence-electron chi connectivity index (χ1n) is 6.25. The number of carboxylic acid groups (broad SMARTS) is 1. The predicted molar refractivity (Wildman–Crippen MR) is 74.3 cm³/mol. The van der Waals surface area contributed by atoms with Gasteiger partial charge in [-0.2, -0.15) is 8.96 Å². The van der Waals surface area contributed by atoms with E-state index in [1.165, 1.54) is 0 Å². The van der Waals surface area contributed by atoms with Gasteiger partial charge in [0.2, 0.25) is 5.82 Å². The molecule has 24 heavy (non-hydrogen) atoms. The first kappa shape index (κ1) is 17.9. The van der Waals surface area contributed by atoms with Crippen molar-refractivity contribution in [2.45, 2.75) is 6.43 Å². The van der Waals surface area contributed by atoms with Gasteiger partial charge in [-0.1, -0.05) is 11.6 Å². The number of halogens is 6. The van der Waals surface area contributed by atoms with Crippen LogP contribution in [0.2, 0.25) is 5.02 Å². The minimum atomic E-state index is -3.28. The van der Waals surface area contributed by atoms with Crippen LogP contribution in [0.5, 0.6) is 0 Å². The highest BCUT2D eigenvalue weighted by Crippen LogP contribution is 2.34. The molecule has 10 heteroatoms. The van der Waals surface area contributed by atoms with E-state index in [-0.39, 0.29) is 6.07 Å². The third-order valence-electron chi connectivity index (χ3n) is 3.34. The van der Waals surface area contributed by atoms with E-state index in [0.29, 0.717) is 10.6 Å². The summed E-state index contributed by atoms with van der Waals surface area (Å²) >= 11 is 5.66. The molecule has 0 fully saturated rings. The molecule has 4 nitrogen and oxygen atoms in total. The van der Waals surface area contributed by atoms with E-state index in [4.69, 9.17) is 22.4 Å². The third kappa shape index (κ3) is 2.75. The summed E-state index contributed by atoms with van der Waals surface area (Å²) in [6.07, 6.45) is -3.28. The van der Waals surface area contributed by atoms with E-state index in [2.05, 4.69) is 0 Å². The van der Waals surface area contributed by atoms with Crippen LogP contribution in [-0.2, 0) is 7.05 Å². The van der Waals surface area contributed by atoms with E-state index in [0.717, 1.165) is 7.05 Å². The van der Waals surface area contributed by atoms with Crippen LogP contribution in [0.25, 0.3) is 11.3 Å². The van der Waals surface area contributed by atoms with Gasteiger partial charge in [0, 0.05) is 0 Å². The first-order chi connectivity index (χ1) is 11.1. The molecule has 0 aliphatic rings. The van der Waals surface area contributed by atoms with E-state index in [1.807, 2.05) is 0 Å². The quantitative estimate of drug-likeness (QED) is 0.645. The summed E-state index contributed by atoms with van der Waals surface area (Å²) in [5.74, 6) is -5.76. The number of hydrogen-bond acceptors (Lipinski definition) is 2. The average molecular weight is 368 g/mol. The zero-order chi connectivity index (χ0) is 18.3. The van der Waals surface area contributed by atoms with Crippen molar-refractivity contribution in [3.8, 4) is 11.3 Å². The van der Waals surface area contributed by atoms with Gasteiger partial charge in [-0.3, -0.25) is 0 Å². The number of carbonyl (C=O) groups is 1. The monoisotopic (exact) mass is 367 g/mol. The van der Waals surface area contributed by atoms with Gasteiger partial charge in [0.1, 0.15) is 29.4 Å². The Morgan fingerprint density at radius 2 is 1.83 bits per heavy atom. The number of pyridine rings is 1. The SMILES string of the molecule is C[n+]1c(C(=O)O)c(Cl)c(N)c(F)c1-c1cc(F)c(C(F)F)cc1F. The lowest BCUT2D eigenvalue weighted by Crippen LogP contribution is -2.41. The highest BCUT2D eigenvalue weighted by molar-refractivity contribution is 6.35. The van der Waals surface area contributed by atoms with Crippen molar-refractivity contribution < 1.29 is 36.4 Å². The summed E-state index contributed by atoms with van der Waals surface area (Å²) in [4.78, 5) is 11.2. The fraction of sp³-hybridized carbons (Fsp3) is 0.143. The predicted octanol–water partition coefficient (Wildman–Crippen LogP) is 3.47. The molecule has 0 atom stereocenters. The second-order valence-electron chi connectivity index (χ2n) is 4.76. The Hall–Kier alpha value is -2.42. The van der Waals surface area contributed by atoms with Gasteiger partial charge in [0.15, 0.2) is 0 Å². The highest BCUT2D eigenvalue weighted by atomic mass is 35.5. The average Bonchev–Trinajstić information content (AvgIpc) is 2.47. The van der Waals surface area contributed by atoms with Gasteiger partial charge in [-0.05, 0) is 12.1 Å². The summed E-state index contributed by atoms with van der Waals surface area (Å²) in [5.41, 5.74) is 1.18. The lowest BCUT2D eigenvalue weighted by Gasteiger charge is -2.11. The van der Waals surface area contributed by atoms with E-state index >= 15 is 0 Å². The molecule has 2 rings (SSSR count). The zero-order valence-electron chi connectivity index (χ0n) is 11.9. The Labute approximate surface area is 136 Å². The molecule has 2 aromatic rings. The zero-order valence-corrected chi connectivity index (χ0v) is 12.6. The second kappa shape index (κ2) is 6.23. The number of nitrogen functional groups attached to an aromatic ring is 1. The van der Waals surface area contributed by atoms with Gasteiger partial charge < -0.3 is 10.8 Å². The van der Waals surface area contributed by atoms with Gasteiger partial charge in [-0.25, -0.2) is 22.4 Å². The number of nitrogens with zero attached hydrogens (tertiary/aromatic N) is 1. The molecule has 0 aliphatic carbocycles. The summed E-state index contributed by atoms with van der Waals surface area (Å²) in [6, 6.07) is 0.550. The Kier molecular flexibility index (Phi) is 4.66. The summed E-state index contributed by atoms with van der Waals surface area (Å²) in [6.45, 7) is 0. The Balaban J connectivity index is 2.88. The fourth-order valence-electron chi connectivity index (χ4n) is 2.20. The van der Waals surface area contributed by atoms with Crippen LogP contribution in [0.3, 0.4) is 0 Å². The van der Waals surface area contributed by atoms with Crippen molar-refractivity contribution in [3.63, 3.8) is 0 Å². The normalized spacial score (nSPS) is 11.2. The number of anilines is 1. The van der Waals surface area contributed by atoms with Crippen LogP contribution in [0.15, 0.2) is 12.1 Å². The first-order valence-corrected chi connectivity index (χ1v) is 6.62. The van der Waals surface area contributed by atoms with Crippen molar-refractivity contribution in [3.05, 3.63) is 45.9 Å². The smallest absolute Gasteiger partial charge is 0.402 e. The van der Waals surface area contributed by atoms with Crippen LogP contribution >= 0.6 is 11.6 Å². The van der Waals surface area contributed by atoms with Crippen molar-refractivity contribution in [1.29, 1.82) is 0 Å². The second-order valence-corrected chi connectivity index (χ2v) is 5.14. The number of rotatable bonds is 3. The van der Waals surface area contributed by atoms with Crippen LogP contribution in [0.1, 0.15) is 22.5 Å². The Morgan fingerprint density at radius 1 is 1.25 bits per heavy atom. The molecular weight excluding hydrogens is 359 g/mol. The van der Waals surface area contributed by atoms with Crippen molar-refractivity contribution in [2.75, 3.05) is 5.73 Å². The van der Waals surface area contributed by atoms with E-state index in [9.17, 15) is 26.7 Å². The van der Waals surface area contributed by atoms with Crippen molar-refractivity contribution in [1.82, 2.24) is 0 Å². The molecule has 0 saturated heterocycles. The molecule has 0 saturated carbocycles. The minimum Gasteiger partial charge on any atom is -0.473 e. The number of aromatic nitrogens is 1. The molecule has 1 aromatic heterocycles. The maximum absolute atomic E-state index is 14.4. The molecule has 0 spiro atoms. The van der Waals surface area contributed by atoms with Crippen LogP contribution in [0, 0.1) is 17.5 Å². The largest absolute Gasteiger partial charge is 0.473 e. The van der Waals surface area contributed by atoms with Gasteiger partial charge in [0.25, 0.3) is 12.1 Å². The topological polar surface area (TPSA) is 67.2 Å². The third-order valence-corrected chi connectivity index (χ3v) is 3.72. The summed E-state index contributed by atoms with van der Waals surface area (Å²) in [5, 5.41) is 8.50. The van der Waals surface area contributed by atoms with Gasteiger partial charge in [-0.15, -0.1) is 0 Å². The molecule has 3 N–H and O–H groups in total. The molecule has 0 unspecified atom stereocenters. The Morgan fingerprint density at radius 3 is 2.33 bits per heavy atom. The number of aromatic carboxylic acids is 1. The van der Waals surface area contributed by atoms with Crippen molar-refractivity contribution >= 4 is 23.3 Å². The number of alkyl halides is 2. The molecular formula is C14H9ClF5N2O2+. The van der Waals surface area contributed by atoms with Crippen LogP contribution < -0.4 is 10.3 Å². The lowest BCUT2D eigenvalue weighted by atomic mass is 10.0. The molecule has 0 bridgehead atoms. The maximum atomic E-state index is 14.4. The van der Waals surface area contributed by atoms with Gasteiger partial charge >= 0.3 is 11.7 Å². The number of carboxylic acids is 1. The Bertz CT molecular complexity index is 858. The lowest BCUT2D eigenvalue weighted by molar-refractivity contribution is -0.664. The van der Waals surface area contributed by atoms with E-state index in [1.54, 1.807) is 0 Å². The number of hydrogen-bond donors (Lipinski definition) is 2. The molecule has 0 amide bonds. The highest BCUT2D eigenvalue weighted by Gasteiger charge is 2.34. The van der Waals surface area contributed by atoms with E-state index < -0.39 is 63.1 Å². The maximum Gasteiger partial charge on any atom is 0.402 e. The standard InChI is InChI=1S/C14H8ClF5N2O2/c1-22-11(9(18)10(21)8(15)12(22)14(23)24)4-2-7(17)5(13(19)20)3-6(4)16/h2-3,13,21H,1H3,(H,23,24)/p+1.